The van der Waals surface area contributed by atoms with Crippen LogP contribution in [0, 0.1) is 0 Å². The van der Waals surface area contributed by atoms with Crippen LogP contribution in [0.25, 0.3) is 0 Å². The lowest BCUT2D eigenvalue weighted by Crippen LogP contribution is -2.04. The zero-order chi connectivity index (χ0) is 9.80. The summed E-state index contributed by atoms with van der Waals surface area (Å²) in [6.45, 7) is 0. The van der Waals surface area contributed by atoms with Crippen LogP contribution in [0.15, 0.2) is 60.7 Å². The Kier molecular flexibility index (Phi) is 2.71. The maximum atomic E-state index is 12.0. The molecule has 2 heteroatoms. The van der Waals surface area contributed by atoms with Gasteiger partial charge in [0, 0.05) is 1.43 Å². The average molecular weight is 203 g/mol. The third-order valence-electron chi connectivity index (χ3n) is 1.98. The molecule has 2 rings (SSSR count). The molecular weight excluding hydrogens is 191 g/mol. The van der Waals surface area contributed by atoms with E-state index in [0.717, 1.165) is 10.6 Å². The molecule has 0 spiro atoms. The van der Waals surface area contributed by atoms with Gasteiger partial charge in [-0.15, -0.1) is 0 Å². The van der Waals surface area contributed by atoms with Crippen LogP contribution in [-0.4, -0.2) is 0 Å². The Morgan fingerprint density at radius 3 is 1.43 bits per heavy atom. The van der Waals surface area contributed by atoms with Crippen molar-refractivity contribution in [1.82, 2.24) is 0 Å². The van der Waals surface area contributed by atoms with E-state index in [9.17, 15) is 4.57 Å². The second-order valence-corrected chi connectivity index (χ2v) is 4.59. The van der Waals surface area contributed by atoms with Crippen molar-refractivity contribution >= 4 is 18.4 Å². The summed E-state index contributed by atoms with van der Waals surface area (Å²) in [6, 6.07) is 19.1. The molecule has 0 aliphatic carbocycles. The van der Waals surface area contributed by atoms with Crippen LogP contribution in [0.2, 0.25) is 0 Å². The minimum absolute atomic E-state index is 0. The highest BCUT2D eigenvalue weighted by Gasteiger charge is 2.21. The highest BCUT2D eigenvalue weighted by Crippen LogP contribution is 2.18. The maximum Gasteiger partial charge on any atom is 0.415 e. The first-order valence-electron chi connectivity index (χ1n) is 4.45. The zero-order valence-electron chi connectivity index (χ0n) is 7.63. The molecule has 0 aliphatic rings. The SMILES string of the molecule is O=[P+](c1ccccc1)c1ccccc1.[HH]. The smallest absolute Gasteiger partial charge is 0.0619 e. The molecule has 0 amide bonds. The summed E-state index contributed by atoms with van der Waals surface area (Å²) in [4.78, 5) is 0. The average Bonchev–Trinajstić information content (AvgIpc) is 2.30. The number of hydrogen-bond acceptors (Lipinski definition) is 1. The van der Waals surface area contributed by atoms with Gasteiger partial charge in [-0.3, -0.25) is 0 Å². The van der Waals surface area contributed by atoms with Crippen molar-refractivity contribution in [2.24, 2.45) is 0 Å². The van der Waals surface area contributed by atoms with E-state index in [2.05, 4.69) is 0 Å². The highest BCUT2D eigenvalue weighted by molar-refractivity contribution is 7.61. The monoisotopic (exact) mass is 203 g/mol. The fraction of sp³-hybridized carbons (Fsp3) is 0. The number of benzene rings is 2. The van der Waals surface area contributed by atoms with Crippen molar-refractivity contribution in [3.63, 3.8) is 0 Å². The van der Waals surface area contributed by atoms with Gasteiger partial charge in [0.15, 0.2) is 10.6 Å². The largest absolute Gasteiger partial charge is 0.415 e. The van der Waals surface area contributed by atoms with Crippen molar-refractivity contribution in [1.29, 1.82) is 0 Å². The molecule has 0 atom stereocenters. The molecule has 70 valence electrons. The molecule has 1 nitrogen and oxygen atoms in total. The minimum atomic E-state index is -1.42. The van der Waals surface area contributed by atoms with E-state index in [4.69, 9.17) is 0 Å². The first-order chi connectivity index (χ1) is 6.88. The zero-order valence-corrected chi connectivity index (χ0v) is 8.52. The van der Waals surface area contributed by atoms with E-state index >= 15 is 0 Å². The van der Waals surface area contributed by atoms with E-state index in [-0.39, 0.29) is 1.43 Å². The molecule has 14 heavy (non-hydrogen) atoms. The Hall–Kier alpha value is -1.46. The second-order valence-electron chi connectivity index (χ2n) is 2.97. The summed E-state index contributed by atoms with van der Waals surface area (Å²) in [5.74, 6) is 0. The van der Waals surface area contributed by atoms with E-state index < -0.39 is 7.80 Å². The van der Waals surface area contributed by atoms with Crippen LogP contribution in [0.3, 0.4) is 0 Å². The molecule has 0 aliphatic heterocycles. The Labute approximate surface area is 85.7 Å². The lowest BCUT2D eigenvalue weighted by atomic mass is 10.4. The van der Waals surface area contributed by atoms with Gasteiger partial charge in [-0.25, -0.2) is 0 Å². The molecule has 0 aromatic heterocycles. The van der Waals surface area contributed by atoms with Gasteiger partial charge in [-0.05, 0) is 24.3 Å². The Balaban J connectivity index is 0.00000112. The van der Waals surface area contributed by atoms with Crippen LogP contribution in [0.1, 0.15) is 1.43 Å². The fourth-order valence-corrected chi connectivity index (χ4v) is 2.46. The fourth-order valence-electron chi connectivity index (χ4n) is 1.28. The molecule has 0 unspecified atom stereocenters. The number of rotatable bonds is 2. The molecule has 0 fully saturated rings. The van der Waals surface area contributed by atoms with Gasteiger partial charge in [-0.1, -0.05) is 41.0 Å². The van der Waals surface area contributed by atoms with Gasteiger partial charge in [0.25, 0.3) is 0 Å². The molecule has 2 aromatic carbocycles. The third-order valence-corrected chi connectivity index (χ3v) is 3.52. The molecule has 0 saturated heterocycles. The molecule has 0 saturated carbocycles. The normalized spacial score (nSPS) is 9.71. The first kappa shape index (κ1) is 9.11. The molecule has 0 N–H and O–H groups in total. The quantitative estimate of drug-likeness (QED) is 0.686. The van der Waals surface area contributed by atoms with E-state index in [1.165, 1.54) is 0 Å². The summed E-state index contributed by atoms with van der Waals surface area (Å²) in [6.07, 6.45) is 0. The third kappa shape index (κ3) is 1.89. The molecular formula is C12H12OP+. The van der Waals surface area contributed by atoms with Gasteiger partial charge in [-0.2, -0.15) is 0 Å². The van der Waals surface area contributed by atoms with Gasteiger partial charge >= 0.3 is 7.80 Å². The summed E-state index contributed by atoms with van der Waals surface area (Å²) < 4.78 is 12.0. The van der Waals surface area contributed by atoms with Crippen molar-refractivity contribution in [3.05, 3.63) is 60.7 Å². The van der Waals surface area contributed by atoms with Crippen LogP contribution >= 0.6 is 7.80 Å². The van der Waals surface area contributed by atoms with Gasteiger partial charge < -0.3 is 0 Å². The van der Waals surface area contributed by atoms with Crippen molar-refractivity contribution in [3.8, 4) is 0 Å². The topological polar surface area (TPSA) is 17.1 Å². The van der Waals surface area contributed by atoms with E-state index in [0.29, 0.717) is 0 Å². The predicted molar refractivity (Wildman–Crippen MR) is 61.9 cm³/mol. The summed E-state index contributed by atoms with van der Waals surface area (Å²) in [5.41, 5.74) is 0. The van der Waals surface area contributed by atoms with Crippen molar-refractivity contribution < 1.29 is 5.99 Å². The Morgan fingerprint density at radius 2 is 1.07 bits per heavy atom. The van der Waals surface area contributed by atoms with Crippen molar-refractivity contribution in [2.75, 3.05) is 0 Å². The van der Waals surface area contributed by atoms with E-state index in [1.807, 2.05) is 60.7 Å². The summed E-state index contributed by atoms with van der Waals surface area (Å²) in [7, 11) is -1.42. The van der Waals surface area contributed by atoms with Crippen LogP contribution < -0.4 is 10.6 Å². The van der Waals surface area contributed by atoms with E-state index in [1.54, 1.807) is 0 Å². The lowest BCUT2D eigenvalue weighted by molar-refractivity contribution is 0.598. The van der Waals surface area contributed by atoms with Crippen LogP contribution in [-0.2, 0) is 4.57 Å². The minimum Gasteiger partial charge on any atom is -0.0619 e. The van der Waals surface area contributed by atoms with Gasteiger partial charge in [0.2, 0.25) is 0 Å². The van der Waals surface area contributed by atoms with Crippen molar-refractivity contribution in [2.45, 2.75) is 0 Å². The molecule has 2 aromatic rings. The van der Waals surface area contributed by atoms with Gasteiger partial charge in [0.05, 0.1) is 0 Å². The Bertz CT molecular complexity index is 386. The summed E-state index contributed by atoms with van der Waals surface area (Å²) in [5, 5.41) is 1.77. The van der Waals surface area contributed by atoms with Crippen LogP contribution in [0.5, 0.6) is 0 Å². The first-order valence-corrected chi connectivity index (χ1v) is 5.71. The number of hydrogen-bond donors (Lipinski definition) is 0. The predicted octanol–water partition coefficient (Wildman–Crippen LogP) is 2.71. The lowest BCUT2D eigenvalue weighted by Gasteiger charge is -1.87. The van der Waals surface area contributed by atoms with Crippen LogP contribution in [0.4, 0.5) is 0 Å². The second kappa shape index (κ2) is 4.17. The highest BCUT2D eigenvalue weighted by atomic mass is 31.1. The molecule has 0 bridgehead atoms. The molecule has 0 heterocycles. The van der Waals surface area contributed by atoms with Gasteiger partial charge in [0.1, 0.15) is 0 Å². The standard InChI is InChI=1S/C12H10OP.H2/c13-14(11-7-3-1-4-8-11)12-9-5-2-6-10-12;/h1-10H;1H/q+1;. The Morgan fingerprint density at radius 1 is 0.714 bits per heavy atom. The summed E-state index contributed by atoms with van der Waals surface area (Å²) >= 11 is 0. The maximum absolute atomic E-state index is 12.0. The molecule has 0 radical (unpaired) electrons.